The summed E-state index contributed by atoms with van der Waals surface area (Å²) in [4.78, 5) is 36.1. The van der Waals surface area contributed by atoms with Crippen molar-refractivity contribution in [3.05, 3.63) is 0 Å². The summed E-state index contributed by atoms with van der Waals surface area (Å²) in [6, 6.07) is -0.871. The van der Waals surface area contributed by atoms with Gasteiger partial charge in [-0.3, -0.25) is 14.4 Å². The molecule has 21 heavy (non-hydrogen) atoms. The van der Waals surface area contributed by atoms with Gasteiger partial charge in [0, 0.05) is 23.8 Å². The summed E-state index contributed by atoms with van der Waals surface area (Å²) in [7, 11) is 0. The Morgan fingerprint density at radius 2 is 1.67 bits per heavy atom. The minimum Gasteiger partial charge on any atom is -0.368 e. The lowest BCUT2D eigenvalue weighted by Gasteiger charge is -2.34. The van der Waals surface area contributed by atoms with Gasteiger partial charge in [0.25, 0.3) is 0 Å². The predicted octanol–water partition coefficient (Wildman–Crippen LogP) is 0.337. The van der Waals surface area contributed by atoms with Crippen molar-refractivity contribution in [2.75, 3.05) is 6.54 Å². The lowest BCUT2D eigenvalue weighted by atomic mass is 9.70. The van der Waals surface area contributed by atoms with Crippen LogP contribution in [0.15, 0.2) is 0 Å². The van der Waals surface area contributed by atoms with Crippen molar-refractivity contribution in [1.82, 2.24) is 5.32 Å². The number of amides is 2. The van der Waals surface area contributed by atoms with Crippen molar-refractivity contribution < 1.29 is 14.4 Å². The third-order valence-corrected chi connectivity index (χ3v) is 4.07. The summed E-state index contributed by atoms with van der Waals surface area (Å²) in [6.45, 7) is 5.56. The standard InChI is InChI=1S/C15H27N3O3/c1-15(2,3)12(19)9-6-4-5-7-10(9)14(21)18-11(8-16)13(17)20/h9-11H,4-8,16H2,1-3H3,(H2,17,20)(H,18,21)/t9-,10+,11-/m0/s1. The second-order valence-corrected chi connectivity index (χ2v) is 6.81. The van der Waals surface area contributed by atoms with Crippen molar-refractivity contribution in [2.24, 2.45) is 28.7 Å². The molecule has 0 aromatic carbocycles. The van der Waals surface area contributed by atoms with Crippen LogP contribution in [0, 0.1) is 17.3 Å². The average Bonchev–Trinajstić information content (AvgIpc) is 2.42. The van der Waals surface area contributed by atoms with Crippen LogP contribution in [0.25, 0.3) is 0 Å². The van der Waals surface area contributed by atoms with Gasteiger partial charge in [-0.1, -0.05) is 33.6 Å². The van der Waals surface area contributed by atoms with Crippen LogP contribution in [-0.4, -0.2) is 30.2 Å². The Bertz CT molecular complexity index is 415. The Labute approximate surface area is 126 Å². The van der Waals surface area contributed by atoms with Crippen molar-refractivity contribution in [1.29, 1.82) is 0 Å². The monoisotopic (exact) mass is 297 g/mol. The van der Waals surface area contributed by atoms with E-state index in [1.165, 1.54) is 0 Å². The minimum absolute atomic E-state index is 0.0360. The Balaban J connectivity index is 2.84. The molecule has 0 aromatic heterocycles. The SMILES string of the molecule is CC(C)(C)C(=O)[C@H]1CCCC[C@H]1C(=O)N[C@@H](CN)C(N)=O. The fraction of sp³-hybridized carbons (Fsp3) is 0.800. The summed E-state index contributed by atoms with van der Waals surface area (Å²) in [5.41, 5.74) is 10.1. The van der Waals surface area contributed by atoms with Gasteiger partial charge in [0.1, 0.15) is 11.8 Å². The molecule has 0 aliphatic heterocycles. The Kier molecular flexibility index (Phi) is 5.89. The van der Waals surface area contributed by atoms with Crippen molar-refractivity contribution >= 4 is 17.6 Å². The molecule has 0 aromatic rings. The van der Waals surface area contributed by atoms with Gasteiger partial charge in [-0.25, -0.2) is 0 Å². The van der Waals surface area contributed by atoms with Crippen molar-refractivity contribution in [3.8, 4) is 0 Å². The summed E-state index contributed by atoms with van der Waals surface area (Å²) in [6.07, 6.45) is 3.24. The van der Waals surface area contributed by atoms with Crippen molar-refractivity contribution in [2.45, 2.75) is 52.5 Å². The van der Waals surface area contributed by atoms with Gasteiger partial charge in [0.2, 0.25) is 11.8 Å². The molecule has 3 atom stereocenters. The quantitative estimate of drug-likeness (QED) is 0.678. The van der Waals surface area contributed by atoms with Crippen LogP contribution in [0.5, 0.6) is 0 Å². The first-order valence-electron chi connectivity index (χ1n) is 7.52. The number of nitrogens with one attached hydrogen (secondary N) is 1. The number of Topliss-reactive ketones (excluding diaryl/α,β-unsaturated/α-hetero) is 1. The highest BCUT2D eigenvalue weighted by Crippen LogP contribution is 2.35. The van der Waals surface area contributed by atoms with Gasteiger partial charge in [0.15, 0.2) is 0 Å². The van der Waals surface area contributed by atoms with Crippen LogP contribution in [0.2, 0.25) is 0 Å². The zero-order valence-electron chi connectivity index (χ0n) is 13.1. The number of ketones is 1. The molecule has 0 radical (unpaired) electrons. The van der Waals surface area contributed by atoms with Crippen LogP contribution < -0.4 is 16.8 Å². The first kappa shape index (κ1) is 17.6. The summed E-state index contributed by atoms with van der Waals surface area (Å²) >= 11 is 0. The molecule has 6 nitrogen and oxygen atoms in total. The average molecular weight is 297 g/mol. The number of hydrogen-bond donors (Lipinski definition) is 3. The van der Waals surface area contributed by atoms with Gasteiger partial charge < -0.3 is 16.8 Å². The van der Waals surface area contributed by atoms with E-state index in [4.69, 9.17) is 11.5 Å². The number of carbonyl (C=O) groups excluding carboxylic acids is 3. The normalized spacial score (nSPS) is 24.2. The Morgan fingerprint density at radius 1 is 1.14 bits per heavy atom. The molecule has 1 rings (SSSR count). The van der Waals surface area contributed by atoms with E-state index < -0.39 is 17.4 Å². The van der Waals surface area contributed by atoms with Crippen LogP contribution in [0.4, 0.5) is 0 Å². The molecule has 0 heterocycles. The molecule has 2 amide bonds. The van der Waals surface area contributed by atoms with E-state index in [1.807, 2.05) is 20.8 Å². The van der Waals surface area contributed by atoms with Crippen LogP contribution in [-0.2, 0) is 14.4 Å². The molecule has 120 valence electrons. The predicted molar refractivity (Wildman–Crippen MR) is 80.1 cm³/mol. The van der Waals surface area contributed by atoms with E-state index in [0.29, 0.717) is 6.42 Å². The molecule has 0 saturated heterocycles. The first-order valence-corrected chi connectivity index (χ1v) is 7.52. The first-order chi connectivity index (χ1) is 9.68. The molecule has 6 heteroatoms. The lowest BCUT2D eigenvalue weighted by Crippen LogP contribution is -2.52. The molecule has 0 bridgehead atoms. The number of primary amides is 1. The van der Waals surface area contributed by atoms with Gasteiger partial charge in [-0.05, 0) is 12.8 Å². The highest BCUT2D eigenvalue weighted by molar-refractivity contribution is 5.93. The van der Waals surface area contributed by atoms with E-state index in [0.717, 1.165) is 19.3 Å². The van der Waals surface area contributed by atoms with Gasteiger partial charge in [-0.15, -0.1) is 0 Å². The topological polar surface area (TPSA) is 115 Å². The second-order valence-electron chi connectivity index (χ2n) is 6.81. The third-order valence-electron chi connectivity index (χ3n) is 4.07. The van der Waals surface area contributed by atoms with E-state index in [1.54, 1.807) is 0 Å². The lowest BCUT2D eigenvalue weighted by molar-refractivity contribution is -0.140. The minimum atomic E-state index is -0.871. The van der Waals surface area contributed by atoms with E-state index in [2.05, 4.69) is 5.32 Å². The largest absolute Gasteiger partial charge is 0.368 e. The zero-order chi connectivity index (χ0) is 16.2. The molecule has 1 saturated carbocycles. The molecule has 0 spiro atoms. The van der Waals surface area contributed by atoms with Crippen molar-refractivity contribution in [3.63, 3.8) is 0 Å². The molecular formula is C15H27N3O3. The zero-order valence-corrected chi connectivity index (χ0v) is 13.1. The number of nitrogens with two attached hydrogens (primary N) is 2. The van der Waals surface area contributed by atoms with Gasteiger partial charge >= 0.3 is 0 Å². The maximum atomic E-state index is 12.5. The van der Waals surface area contributed by atoms with E-state index in [9.17, 15) is 14.4 Å². The smallest absolute Gasteiger partial charge is 0.241 e. The number of hydrogen-bond acceptors (Lipinski definition) is 4. The van der Waals surface area contributed by atoms with Gasteiger partial charge in [-0.2, -0.15) is 0 Å². The Hall–Kier alpha value is -1.43. The fourth-order valence-electron chi connectivity index (χ4n) is 2.84. The number of rotatable bonds is 5. The van der Waals surface area contributed by atoms with E-state index >= 15 is 0 Å². The Morgan fingerprint density at radius 3 is 2.10 bits per heavy atom. The second kappa shape index (κ2) is 7.02. The molecular weight excluding hydrogens is 270 g/mol. The highest BCUT2D eigenvalue weighted by Gasteiger charge is 2.40. The van der Waals surface area contributed by atoms with Crippen LogP contribution in [0.1, 0.15) is 46.5 Å². The highest BCUT2D eigenvalue weighted by atomic mass is 16.2. The maximum absolute atomic E-state index is 12.5. The van der Waals surface area contributed by atoms with Crippen LogP contribution >= 0.6 is 0 Å². The summed E-state index contributed by atoms with van der Waals surface area (Å²) in [5.74, 6) is -1.51. The molecule has 5 N–H and O–H groups in total. The molecule has 1 fully saturated rings. The summed E-state index contributed by atoms with van der Waals surface area (Å²) in [5, 5.41) is 2.58. The molecule has 1 aliphatic carbocycles. The number of carbonyl (C=O) groups is 3. The third kappa shape index (κ3) is 4.52. The molecule has 0 unspecified atom stereocenters. The molecule has 1 aliphatic rings. The van der Waals surface area contributed by atoms with E-state index in [-0.39, 0.29) is 30.1 Å². The van der Waals surface area contributed by atoms with Gasteiger partial charge in [0.05, 0.1) is 0 Å². The maximum Gasteiger partial charge on any atom is 0.241 e. The van der Waals surface area contributed by atoms with Crippen LogP contribution in [0.3, 0.4) is 0 Å². The fourth-order valence-corrected chi connectivity index (χ4v) is 2.84. The summed E-state index contributed by atoms with van der Waals surface area (Å²) < 4.78 is 0.